The summed E-state index contributed by atoms with van der Waals surface area (Å²) in [6, 6.07) is 14.3. The van der Waals surface area contributed by atoms with Crippen molar-refractivity contribution < 1.29 is 14.4 Å². The minimum atomic E-state index is -0.465. The van der Waals surface area contributed by atoms with E-state index in [4.69, 9.17) is 9.47 Å². The summed E-state index contributed by atoms with van der Waals surface area (Å²) in [5, 5.41) is 11.0. The average Bonchev–Trinajstić information content (AvgIpc) is 2.67. The van der Waals surface area contributed by atoms with Gasteiger partial charge in [0, 0.05) is 23.7 Å². The monoisotopic (exact) mass is 351 g/mol. The number of aromatic nitrogens is 2. The molecule has 1 heterocycles. The second-order valence-corrected chi connectivity index (χ2v) is 5.53. The number of methoxy groups -OCH3 is 2. The predicted molar refractivity (Wildman–Crippen MR) is 96.5 cm³/mol. The Labute approximate surface area is 150 Å². The molecular weight excluding hydrogens is 334 g/mol. The lowest BCUT2D eigenvalue weighted by Crippen LogP contribution is -1.98. The first-order valence-corrected chi connectivity index (χ1v) is 7.88. The predicted octanol–water partition coefficient (Wildman–Crippen LogP) is 3.66. The van der Waals surface area contributed by atoms with E-state index in [1.54, 1.807) is 19.2 Å². The number of nitro groups is 1. The van der Waals surface area contributed by atoms with Crippen molar-refractivity contribution in [3.63, 3.8) is 0 Å². The number of hydrogen-bond acceptors (Lipinski definition) is 6. The number of ether oxygens (including phenoxy) is 2. The highest BCUT2D eigenvalue weighted by Gasteiger charge is 2.15. The third-order valence-electron chi connectivity index (χ3n) is 3.93. The van der Waals surface area contributed by atoms with E-state index >= 15 is 0 Å². The van der Waals surface area contributed by atoms with Gasteiger partial charge in [0.15, 0.2) is 5.75 Å². The van der Waals surface area contributed by atoms with Crippen molar-refractivity contribution in [2.45, 2.75) is 6.42 Å². The van der Waals surface area contributed by atoms with E-state index in [0.717, 1.165) is 28.3 Å². The summed E-state index contributed by atoms with van der Waals surface area (Å²) in [7, 11) is 3.03. The van der Waals surface area contributed by atoms with Gasteiger partial charge in [-0.2, -0.15) is 0 Å². The number of para-hydroxylation sites is 1. The quantitative estimate of drug-likeness (QED) is 0.497. The molecule has 0 amide bonds. The summed E-state index contributed by atoms with van der Waals surface area (Å²) in [6.45, 7) is 0. The van der Waals surface area contributed by atoms with Crippen LogP contribution in [0.25, 0.3) is 11.3 Å². The second-order valence-electron chi connectivity index (χ2n) is 5.53. The molecule has 0 aliphatic heterocycles. The number of hydrogen-bond donors (Lipinski definition) is 0. The lowest BCUT2D eigenvalue weighted by atomic mass is 10.1. The van der Waals surface area contributed by atoms with E-state index in [9.17, 15) is 10.1 Å². The lowest BCUT2D eigenvalue weighted by molar-refractivity contribution is -0.385. The van der Waals surface area contributed by atoms with E-state index in [2.05, 4.69) is 9.97 Å². The van der Waals surface area contributed by atoms with Gasteiger partial charge in [0.25, 0.3) is 0 Å². The molecular formula is C19H17N3O4. The maximum Gasteiger partial charge on any atom is 0.310 e. The zero-order valence-corrected chi connectivity index (χ0v) is 14.4. The SMILES string of the molecule is COc1ccccc1-c1cc(Cc2ccc([N+](=O)[O-])c(OC)c2)ncn1. The fourth-order valence-electron chi connectivity index (χ4n) is 2.69. The average molecular weight is 351 g/mol. The van der Waals surface area contributed by atoms with Crippen molar-refractivity contribution in [2.24, 2.45) is 0 Å². The van der Waals surface area contributed by atoms with E-state index < -0.39 is 4.92 Å². The maximum atomic E-state index is 11.0. The largest absolute Gasteiger partial charge is 0.496 e. The summed E-state index contributed by atoms with van der Waals surface area (Å²) in [4.78, 5) is 19.2. The Balaban J connectivity index is 1.91. The van der Waals surface area contributed by atoms with Gasteiger partial charge in [0.1, 0.15) is 12.1 Å². The van der Waals surface area contributed by atoms with Gasteiger partial charge in [0.05, 0.1) is 24.8 Å². The van der Waals surface area contributed by atoms with Gasteiger partial charge < -0.3 is 9.47 Å². The van der Waals surface area contributed by atoms with Crippen molar-refractivity contribution in [1.82, 2.24) is 9.97 Å². The topological polar surface area (TPSA) is 87.4 Å². The standard InChI is InChI=1S/C19H17N3O4/c1-25-18-6-4-3-5-15(18)16-11-14(20-12-21-16)9-13-7-8-17(22(23)24)19(10-13)26-2/h3-8,10-12H,9H2,1-2H3. The Morgan fingerprint density at radius 2 is 1.77 bits per heavy atom. The first-order valence-electron chi connectivity index (χ1n) is 7.88. The minimum absolute atomic E-state index is 0.0614. The van der Waals surface area contributed by atoms with Crippen LogP contribution in [0.15, 0.2) is 54.9 Å². The Bertz CT molecular complexity index is 944. The number of nitro benzene ring substituents is 1. The molecule has 0 atom stereocenters. The third-order valence-corrected chi connectivity index (χ3v) is 3.93. The smallest absolute Gasteiger partial charge is 0.310 e. The molecule has 0 saturated carbocycles. The van der Waals surface area contributed by atoms with Gasteiger partial charge in [-0.05, 0) is 29.8 Å². The molecule has 0 fully saturated rings. The molecule has 0 aliphatic carbocycles. The van der Waals surface area contributed by atoms with Gasteiger partial charge in [-0.3, -0.25) is 10.1 Å². The lowest BCUT2D eigenvalue weighted by Gasteiger charge is -2.09. The van der Waals surface area contributed by atoms with E-state index in [-0.39, 0.29) is 11.4 Å². The Hall–Kier alpha value is -3.48. The molecule has 0 radical (unpaired) electrons. The molecule has 7 heteroatoms. The van der Waals surface area contributed by atoms with E-state index in [1.165, 1.54) is 19.5 Å². The molecule has 0 spiro atoms. The molecule has 0 bridgehead atoms. The molecule has 26 heavy (non-hydrogen) atoms. The first-order chi connectivity index (χ1) is 12.6. The molecule has 1 aromatic heterocycles. The van der Waals surface area contributed by atoms with E-state index in [0.29, 0.717) is 6.42 Å². The van der Waals surface area contributed by atoms with Crippen LogP contribution in [0.3, 0.4) is 0 Å². The summed E-state index contributed by atoms with van der Waals surface area (Å²) < 4.78 is 10.5. The fourth-order valence-corrected chi connectivity index (χ4v) is 2.69. The van der Waals surface area contributed by atoms with Crippen molar-refractivity contribution >= 4 is 5.69 Å². The van der Waals surface area contributed by atoms with Crippen molar-refractivity contribution in [1.29, 1.82) is 0 Å². The van der Waals surface area contributed by atoms with Crippen LogP contribution in [-0.2, 0) is 6.42 Å². The molecule has 0 saturated heterocycles. The van der Waals surface area contributed by atoms with Gasteiger partial charge in [-0.25, -0.2) is 9.97 Å². The summed E-state index contributed by atoms with van der Waals surface area (Å²) in [6.07, 6.45) is 2.00. The molecule has 7 nitrogen and oxygen atoms in total. The molecule has 0 unspecified atom stereocenters. The van der Waals surface area contributed by atoms with Crippen LogP contribution in [0.2, 0.25) is 0 Å². The zero-order valence-electron chi connectivity index (χ0n) is 14.4. The van der Waals surface area contributed by atoms with Crippen molar-refractivity contribution in [3.8, 4) is 22.8 Å². The third kappa shape index (κ3) is 3.61. The van der Waals surface area contributed by atoms with Gasteiger partial charge >= 0.3 is 5.69 Å². The zero-order chi connectivity index (χ0) is 18.5. The second kappa shape index (κ2) is 7.60. The highest BCUT2D eigenvalue weighted by Crippen LogP contribution is 2.30. The fraction of sp³-hybridized carbons (Fsp3) is 0.158. The van der Waals surface area contributed by atoms with Crippen molar-refractivity contribution in [2.75, 3.05) is 14.2 Å². The summed E-state index contributed by atoms with van der Waals surface area (Å²) in [5.41, 5.74) is 3.21. The van der Waals surface area contributed by atoms with Gasteiger partial charge in [0.2, 0.25) is 0 Å². The van der Waals surface area contributed by atoms with Crippen LogP contribution in [-0.4, -0.2) is 29.1 Å². The molecule has 3 aromatic rings. The minimum Gasteiger partial charge on any atom is -0.496 e. The van der Waals surface area contributed by atoms with Gasteiger partial charge in [-0.1, -0.05) is 18.2 Å². The Kier molecular flexibility index (Phi) is 5.07. The summed E-state index contributed by atoms with van der Waals surface area (Å²) in [5.74, 6) is 0.959. The highest BCUT2D eigenvalue weighted by molar-refractivity contribution is 5.67. The molecule has 0 aliphatic rings. The maximum absolute atomic E-state index is 11.0. The van der Waals surface area contributed by atoms with Crippen LogP contribution < -0.4 is 9.47 Å². The van der Waals surface area contributed by atoms with Crippen molar-refractivity contribution in [3.05, 3.63) is 76.2 Å². The molecule has 2 aromatic carbocycles. The molecule has 132 valence electrons. The van der Waals surface area contributed by atoms with E-state index in [1.807, 2.05) is 30.3 Å². The molecule has 3 rings (SSSR count). The van der Waals surface area contributed by atoms with Crippen LogP contribution in [0, 0.1) is 10.1 Å². The molecule has 0 N–H and O–H groups in total. The summed E-state index contributed by atoms with van der Waals surface area (Å²) >= 11 is 0. The highest BCUT2D eigenvalue weighted by atomic mass is 16.6. The number of benzene rings is 2. The number of nitrogens with zero attached hydrogens (tertiary/aromatic N) is 3. The first kappa shape index (κ1) is 17.3. The van der Waals surface area contributed by atoms with Crippen LogP contribution in [0.1, 0.15) is 11.3 Å². The van der Waals surface area contributed by atoms with Crippen LogP contribution in [0.4, 0.5) is 5.69 Å². The number of rotatable bonds is 6. The van der Waals surface area contributed by atoms with Gasteiger partial charge in [-0.15, -0.1) is 0 Å². The van der Waals surface area contributed by atoms with Crippen LogP contribution >= 0.6 is 0 Å². The Morgan fingerprint density at radius 3 is 2.50 bits per heavy atom. The Morgan fingerprint density at radius 1 is 1.00 bits per heavy atom. The normalized spacial score (nSPS) is 10.4. The van der Waals surface area contributed by atoms with Crippen LogP contribution in [0.5, 0.6) is 11.5 Å².